The van der Waals surface area contributed by atoms with Gasteiger partial charge >= 0.3 is 6.09 Å². The van der Waals surface area contributed by atoms with Gasteiger partial charge in [0.15, 0.2) is 17.3 Å². The molecule has 32 heavy (non-hydrogen) atoms. The van der Waals surface area contributed by atoms with Gasteiger partial charge in [0.1, 0.15) is 17.0 Å². The molecule has 0 saturated carbocycles. The molecule has 2 aliphatic heterocycles. The number of nitrogens with zero attached hydrogens (tertiary/aromatic N) is 4. The molecule has 1 fully saturated rings. The van der Waals surface area contributed by atoms with Crippen molar-refractivity contribution in [2.75, 3.05) is 20.2 Å². The van der Waals surface area contributed by atoms with Gasteiger partial charge in [-0.1, -0.05) is 0 Å². The fourth-order valence-corrected chi connectivity index (χ4v) is 4.20. The average molecular weight is 435 g/mol. The Bertz CT molecular complexity index is 1270. The fourth-order valence-electron chi connectivity index (χ4n) is 4.20. The summed E-state index contributed by atoms with van der Waals surface area (Å²) in [5.41, 5.74) is 2.62. The van der Waals surface area contributed by atoms with Crippen molar-refractivity contribution in [1.82, 2.24) is 15.2 Å². The lowest BCUT2D eigenvalue weighted by Gasteiger charge is -2.18. The number of pyridine rings is 1. The van der Waals surface area contributed by atoms with E-state index in [0.717, 1.165) is 24.1 Å². The van der Waals surface area contributed by atoms with Crippen LogP contribution in [0.4, 0.5) is 10.6 Å². The molecule has 0 spiro atoms. The van der Waals surface area contributed by atoms with Crippen molar-refractivity contribution in [3.05, 3.63) is 47.3 Å². The molecular formula is C22H21N5O5. The maximum atomic E-state index is 10.9. The molecule has 3 aromatic rings. The second kappa shape index (κ2) is 7.97. The Labute approximate surface area is 182 Å². The molecule has 1 amide bonds. The lowest BCUT2D eigenvalue weighted by atomic mass is 10.1. The molecule has 164 valence electrons. The number of rotatable bonds is 5. The highest BCUT2D eigenvalue weighted by atomic mass is 16.5. The number of azo groups is 1. The quantitative estimate of drug-likeness (QED) is 0.552. The lowest BCUT2D eigenvalue weighted by Crippen LogP contribution is -2.35. The van der Waals surface area contributed by atoms with Crippen molar-refractivity contribution in [1.29, 1.82) is 0 Å². The summed E-state index contributed by atoms with van der Waals surface area (Å²) in [6.07, 6.45) is 2.99. The van der Waals surface area contributed by atoms with Crippen LogP contribution < -0.4 is 10.1 Å². The Morgan fingerprint density at radius 3 is 3.06 bits per heavy atom. The first-order valence-corrected chi connectivity index (χ1v) is 10.2. The summed E-state index contributed by atoms with van der Waals surface area (Å²) in [4.78, 5) is 17.2. The summed E-state index contributed by atoms with van der Waals surface area (Å²) < 4.78 is 11.6. The molecule has 5 rings (SSSR count). The van der Waals surface area contributed by atoms with Crippen LogP contribution in [0.1, 0.15) is 23.3 Å². The number of methoxy groups -OCH3 is 1. The number of hydrogen-bond donors (Lipinski definition) is 3. The molecule has 1 atom stereocenters. The highest BCUT2D eigenvalue weighted by Crippen LogP contribution is 2.41. The van der Waals surface area contributed by atoms with Crippen molar-refractivity contribution in [2.24, 2.45) is 10.2 Å². The molecule has 0 aliphatic carbocycles. The second-order valence-corrected chi connectivity index (χ2v) is 7.71. The summed E-state index contributed by atoms with van der Waals surface area (Å²) in [6.45, 7) is 1.81. The third kappa shape index (κ3) is 3.54. The van der Waals surface area contributed by atoms with Gasteiger partial charge in [-0.15, -0.1) is 10.2 Å². The number of ether oxygens (including phenoxy) is 1. The van der Waals surface area contributed by atoms with Gasteiger partial charge in [-0.05, 0) is 30.7 Å². The predicted molar refractivity (Wildman–Crippen MR) is 116 cm³/mol. The maximum absolute atomic E-state index is 10.9. The van der Waals surface area contributed by atoms with Crippen LogP contribution in [0.2, 0.25) is 0 Å². The molecule has 4 heterocycles. The Morgan fingerprint density at radius 1 is 1.38 bits per heavy atom. The van der Waals surface area contributed by atoms with Crippen LogP contribution in [0, 0.1) is 0 Å². The van der Waals surface area contributed by atoms with Gasteiger partial charge in [-0.3, -0.25) is 4.90 Å². The second-order valence-electron chi connectivity index (χ2n) is 7.71. The number of amides is 1. The molecule has 1 unspecified atom stereocenters. The zero-order valence-corrected chi connectivity index (χ0v) is 17.3. The molecule has 2 aromatic heterocycles. The first-order chi connectivity index (χ1) is 15.5. The largest absolute Gasteiger partial charge is 0.504 e. The van der Waals surface area contributed by atoms with Crippen LogP contribution in [0.3, 0.4) is 0 Å². The fraction of sp³-hybridized carbons (Fsp3) is 0.273. The summed E-state index contributed by atoms with van der Waals surface area (Å²) in [6, 6.07) is 7.08. The predicted octanol–water partition coefficient (Wildman–Crippen LogP) is 3.98. The van der Waals surface area contributed by atoms with E-state index < -0.39 is 6.09 Å². The Morgan fingerprint density at radius 2 is 2.25 bits per heavy atom. The van der Waals surface area contributed by atoms with Crippen LogP contribution in [-0.2, 0) is 6.54 Å². The zero-order chi connectivity index (χ0) is 22.2. The molecule has 1 aromatic carbocycles. The summed E-state index contributed by atoms with van der Waals surface area (Å²) in [5.74, 6) is 1.44. The molecule has 2 aliphatic rings. The van der Waals surface area contributed by atoms with Crippen molar-refractivity contribution in [3.8, 4) is 11.5 Å². The normalized spacial score (nSPS) is 19.0. The lowest BCUT2D eigenvalue weighted by molar-refractivity contribution is 0.189. The standard InChI is InChI=1S/C22H21N5O5/c1-31-17-5-4-14-19(28)18(9-16-13-3-2-7-23-21(13)26-25-16)32-20(14)15(17)11-27-8-6-12(10-27)24-22(29)30/h2-5,7,9,12,24,28H,6,8,10-11H2,1H3,(H,29,30). The van der Waals surface area contributed by atoms with Crippen LogP contribution in [0.5, 0.6) is 11.5 Å². The monoisotopic (exact) mass is 435 g/mol. The van der Waals surface area contributed by atoms with Gasteiger partial charge in [0.2, 0.25) is 0 Å². The van der Waals surface area contributed by atoms with E-state index in [2.05, 4.69) is 25.4 Å². The van der Waals surface area contributed by atoms with E-state index in [1.54, 1.807) is 37.6 Å². The molecule has 0 radical (unpaired) electrons. The van der Waals surface area contributed by atoms with Crippen LogP contribution in [-0.4, -0.2) is 52.4 Å². The molecule has 1 saturated heterocycles. The smallest absolute Gasteiger partial charge is 0.404 e. The number of carbonyl (C=O) groups is 1. The van der Waals surface area contributed by atoms with Crippen molar-refractivity contribution < 1.29 is 24.2 Å². The van der Waals surface area contributed by atoms with E-state index in [-0.39, 0.29) is 17.6 Å². The van der Waals surface area contributed by atoms with E-state index in [4.69, 9.17) is 14.3 Å². The van der Waals surface area contributed by atoms with Gasteiger partial charge in [0.25, 0.3) is 0 Å². The number of hydrogen-bond acceptors (Lipinski definition) is 8. The third-order valence-corrected chi connectivity index (χ3v) is 5.70. The Kier molecular flexibility index (Phi) is 4.98. The molecule has 10 heteroatoms. The number of aromatic hydroxyl groups is 1. The van der Waals surface area contributed by atoms with Crippen LogP contribution >= 0.6 is 0 Å². The third-order valence-electron chi connectivity index (χ3n) is 5.70. The van der Waals surface area contributed by atoms with Crippen LogP contribution in [0.15, 0.2) is 45.1 Å². The molecule has 3 N–H and O–H groups in total. The minimum Gasteiger partial charge on any atom is -0.504 e. The average Bonchev–Trinajstić information content (AvgIpc) is 3.47. The number of furan rings is 1. The summed E-state index contributed by atoms with van der Waals surface area (Å²) in [5, 5.41) is 31.1. The van der Waals surface area contributed by atoms with E-state index in [1.807, 2.05) is 6.07 Å². The van der Waals surface area contributed by atoms with Gasteiger partial charge < -0.3 is 24.7 Å². The van der Waals surface area contributed by atoms with Crippen molar-refractivity contribution in [2.45, 2.75) is 19.0 Å². The van der Waals surface area contributed by atoms with Crippen molar-refractivity contribution in [3.63, 3.8) is 0 Å². The summed E-state index contributed by atoms with van der Waals surface area (Å²) >= 11 is 0. The summed E-state index contributed by atoms with van der Waals surface area (Å²) in [7, 11) is 1.58. The van der Waals surface area contributed by atoms with E-state index >= 15 is 0 Å². The molecular weight excluding hydrogens is 414 g/mol. The zero-order valence-electron chi connectivity index (χ0n) is 17.3. The topological polar surface area (TPSA) is 133 Å². The number of carboxylic acid groups (broad SMARTS) is 1. The van der Waals surface area contributed by atoms with E-state index in [1.165, 1.54) is 0 Å². The number of fused-ring (bicyclic) bond motifs is 2. The molecule has 10 nitrogen and oxygen atoms in total. The van der Waals surface area contributed by atoms with Crippen molar-refractivity contribution >= 4 is 34.7 Å². The first kappa shape index (κ1) is 20.0. The highest BCUT2D eigenvalue weighted by Gasteiger charge is 2.27. The number of nitrogens with one attached hydrogen (secondary N) is 1. The van der Waals surface area contributed by atoms with E-state index in [0.29, 0.717) is 41.3 Å². The van der Waals surface area contributed by atoms with Gasteiger partial charge in [-0.25, -0.2) is 9.78 Å². The van der Waals surface area contributed by atoms with Crippen LogP contribution in [0.25, 0.3) is 22.7 Å². The number of likely N-dealkylation sites (tertiary alicyclic amines) is 1. The number of aromatic nitrogens is 1. The minimum absolute atomic E-state index is 0.00999. The first-order valence-electron chi connectivity index (χ1n) is 10.2. The van der Waals surface area contributed by atoms with E-state index in [9.17, 15) is 9.90 Å². The molecule has 0 bridgehead atoms. The van der Waals surface area contributed by atoms with Gasteiger partial charge in [0.05, 0.1) is 18.1 Å². The Balaban J connectivity index is 1.50. The maximum Gasteiger partial charge on any atom is 0.404 e. The van der Waals surface area contributed by atoms with Gasteiger partial charge in [0, 0.05) is 43.5 Å². The highest BCUT2D eigenvalue weighted by molar-refractivity contribution is 5.94. The Hall–Kier alpha value is -3.92. The van der Waals surface area contributed by atoms with Gasteiger partial charge in [-0.2, -0.15) is 0 Å². The minimum atomic E-state index is -1.02. The SMILES string of the molecule is COc1ccc2c(O)c(C=C3N=Nc4ncccc43)oc2c1CN1CCC(NC(=O)O)C1. The number of benzene rings is 1.